The molecule has 0 spiro atoms. The highest BCUT2D eigenvalue weighted by atomic mass is 29.1. The molecule has 2 heteroatoms. The van der Waals surface area contributed by atoms with E-state index in [-0.39, 0.29) is 0 Å². The lowest BCUT2D eigenvalue weighted by Crippen LogP contribution is -2.12. The second-order valence-electron chi connectivity index (χ2n) is 3.31. The quantitative estimate of drug-likeness (QED) is 0.456. The molecule has 0 bridgehead atoms. The summed E-state index contributed by atoms with van der Waals surface area (Å²) in [4.78, 5) is 0. The van der Waals surface area contributed by atoms with Crippen LogP contribution in [-0.4, -0.2) is 18.1 Å². The molecule has 0 fully saturated rings. The third-order valence-corrected chi connectivity index (χ3v) is 9.00. The van der Waals surface area contributed by atoms with E-state index in [0.29, 0.717) is 18.1 Å². The van der Waals surface area contributed by atoms with Crippen LogP contribution in [0.5, 0.6) is 0 Å². The highest BCUT2D eigenvalue weighted by Crippen LogP contribution is 2.18. The third-order valence-electron chi connectivity index (χ3n) is 1.000. The van der Waals surface area contributed by atoms with Crippen molar-refractivity contribution in [2.75, 3.05) is 0 Å². The molecule has 0 aromatic heterocycles. The van der Waals surface area contributed by atoms with Crippen molar-refractivity contribution in [2.45, 2.75) is 32.4 Å². The molecule has 0 aliphatic rings. The summed E-state index contributed by atoms with van der Waals surface area (Å²) in [7, 11) is 0.848. The molecule has 0 aliphatic heterocycles. The Hall–Kier alpha value is 0.434. The van der Waals surface area contributed by atoms with Gasteiger partial charge in [-0.2, -0.15) is 0 Å². The molecule has 0 aromatic carbocycles. The van der Waals surface area contributed by atoms with Crippen molar-refractivity contribution in [1.29, 1.82) is 0 Å². The van der Waals surface area contributed by atoms with Crippen molar-refractivity contribution in [1.82, 2.24) is 0 Å². The fraction of sp³-hybridized carbons (Fsp3) is 1.00. The summed E-state index contributed by atoms with van der Waals surface area (Å²) >= 11 is 0. The van der Waals surface area contributed by atoms with E-state index >= 15 is 0 Å². The van der Waals surface area contributed by atoms with Crippen LogP contribution < -0.4 is 0 Å². The number of hydrogen-bond acceptors (Lipinski definition) is 0. The first-order chi connectivity index (χ1) is 3.06. The van der Waals surface area contributed by atoms with Gasteiger partial charge in [-0.05, 0) is 0 Å². The van der Waals surface area contributed by atoms with Crippen molar-refractivity contribution in [3.63, 3.8) is 0 Å². The Kier molecular flexibility index (Phi) is 2.84. The molecule has 0 rings (SSSR count). The first kappa shape index (κ1) is 7.43. The number of rotatable bonds is 1. The lowest BCUT2D eigenvalue weighted by atomic mass is 10.3. The maximum atomic E-state index is 2.43. The summed E-state index contributed by atoms with van der Waals surface area (Å²) < 4.78 is 0. The highest BCUT2D eigenvalue weighted by Gasteiger charge is 2.07. The first-order valence-electron chi connectivity index (χ1n) is 3.06. The minimum absolute atomic E-state index is 0.399. The molecule has 0 aromatic rings. The standard InChI is InChI=1S/C5H16Si2/c1-5(2,3)7-6-4/h6-7H2,1-4H3. The molecular weight excluding hydrogens is 116 g/mol. The molecule has 0 saturated heterocycles. The molecule has 0 atom stereocenters. The average molecular weight is 132 g/mol. The molecule has 0 heterocycles. The van der Waals surface area contributed by atoms with Gasteiger partial charge in [-0.15, -0.1) is 0 Å². The number of hydrogen-bond donors (Lipinski definition) is 0. The van der Waals surface area contributed by atoms with Gasteiger partial charge in [0.15, 0.2) is 0 Å². The van der Waals surface area contributed by atoms with Crippen LogP contribution in [0.15, 0.2) is 0 Å². The molecule has 0 saturated carbocycles. The molecule has 0 N–H and O–H groups in total. The second kappa shape index (κ2) is 2.67. The van der Waals surface area contributed by atoms with Crippen LogP contribution in [0.4, 0.5) is 0 Å². The van der Waals surface area contributed by atoms with Crippen molar-refractivity contribution in [3.8, 4) is 0 Å². The first-order valence-corrected chi connectivity index (χ1v) is 9.18. The predicted molar refractivity (Wildman–Crippen MR) is 42.7 cm³/mol. The van der Waals surface area contributed by atoms with E-state index in [1.165, 1.54) is 0 Å². The fourth-order valence-electron chi connectivity index (χ4n) is 0.750. The zero-order valence-electron chi connectivity index (χ0n) is 5.91. The molecule has 0 unspecified atom stereocenters. The van der Waals surface area contributed by atoms with E-state index in [2.05, 4.69) is 27.3 Å². The monoisotopic (exact) mass is 132 g/mol. The van der Waals surface area contributed by atoms with Crippen LogP contribution in [0.2, 0.25) is 11.6 Å². The molecule has 44 valence electrons. The second-order valence-corrected chi connectivity index (χ2v) is 11.4. The van der Waals surface area contributed by atoms with Gasteiger partial charge in [-0.25, -0.2) is 0 Å². The van der Waals surface area contributed by atoms with Crippen LogP contribution in [-0.2, 0) is 0 Å². The Labute approximate surface area is 51.1 Å². The summed E-state index contributed by atoms with van der Waals surface area (Å²) in [6.45, 7) is 9.54. The summed E-state index contributed by atoms with van der Waals surface area (Å²) in [5, 5.41) is 0.751. The zero-order chi connectivity index (χ0) is 5.91. The van der Waals surface area contributed by atoms with Crippen LogP contribution in [0.25, 0.3) is 0 Å². The average Bonchev–Trinajstić information content (AvgIpc) is 1.30. The largest absolute Gasteiger partial charge is 0.0771 e. The van der Waals surface area contributed by atoms with Gasteiger partial charge >= 0.3 is 0 Å². The Bertz CT molecular complexity index is 44.5. The zero-order valence-corrected chi connectivity index (χ0v) is 8.74. The van der Waals surface area contributed by atoms with Crippen molar-refractivity contribution in [2.24, 2.45) is 0 Å². The van der Waals surface area contributed by atoms with E-state index in [1.807, 2.05) is 0 Å². The normalized spacial score (nSPS) is 15.4. The van der Waals surface area contributed by atoms with Gasteiger partial charge in [0.05, 0.1) is 0 Å². The smallest absolute Gasteiger partial charge is 0.0143 e. The lowest BCUT2D eigenvalue weighted by Gasteiger charge is -2.14. The molecule has 0 radical (unpaired) electrons. The Morgan fingerprint density at radius 3 is 1.57 bits per heavy atom. The predicted octanol–water partition coefficient (Wildman–Crippen LogP) is 0.505. The van der Waals surface area contributed by atoms with Crippen molar-refractivity contribution in [3.05, 3.63) is 0 Å². The lowest BCUT2D eigenvalue weighted by molar-refractivity contribution is 0.762. The van der Waals surface area contributed by atoms with E-state index in [0.717, 1.165) is 5.04 Å². The molecular formula is C5H16Si2. The molecule has 0 nitrogen and oxygen atoms in total. The van der Waals surface area contributed by atoms with Crippen LogP contribution in [0.1, 0.15) is 20.8 Å². The van der Waals surface area contributed by atoms with E-state index < -0.39 is 0 Å². The van der Waals surface area contributed by atoms with Crippen molar-refractivity contribution >= 4 is 18.1 Å². The highest BCUT2D eigenvalue weighted by molar-refractivity contribution is 7.01. The Morgan fingerprint density at radius 2 is 1.57 bits per heavy atom. The van der Waals surface area contributed by atoms with Crippen LogP contribution in [0.3, 0.4) is 0 Å². The van der Waals surface area contributed by atoms with Gasteiger partial charge in [0.2, 0.25) is 0 Å². The fourth-order valence-corrected chi connectivity index (χ4v) is 6.75. The summed E-state index contributed by atoms with van der Waals surface area (Å²) in [6.07, 6.45) is 0. The summed E-state index contributed by atoms with van der Waals surface area (Å²) in [5.41, 5.74) is 0. The Balaban J connectivity index is 3.15. The maximum Gasteiger partial charge on any atom is 0.0143 e. The van der Waals surface area contributed by atoms with Gasteiger partial charge in [-0.3, -0.25) is 0 Å². The van der Waals surface area contributed by atoms with Crippen LogP contribution in [0, 0.1) is 0 Å². The molecule has 7 heavy (non-hydrogen) atoms. The molecule has 0 aliphatic carbocycles. The minimum atomic E-state index is 0.399. The summed E-state index contributed by atoms with van der Waals surface area (Å²) in [5.74, 6) is 0. The maximum absolute atomic E-state index is 2.43. The van der Waals surface area contributed by atoms with Gasteiger partial charge in [0, 0.05) is 18.1 Å². The third kappa shape index (κ3) is 6.43. The molecule has 0 amide bonds. The summed E-state index contributed by atoms with van der Waals surface area (Å²) in [6, 6.07) is 0. The van der Waals surface area contributed by atoms with Gasteiger partial charge in [-0.1, -0.05) is 32.4 Å². The van der Waals surface area contributed by atoms with E-state index in [1.54, 1.807) is 0 Å². The van der Waals surface area contributed by atoms with Gasteiger partial charge < -0.3 is 0 Å². The topological polar surface area (TPSA) is 0 Å². The van der Waals surface area contributed by atoms with Crippen LogP contribution >= 0.6 is 0 Å². The van der Waals surface area contributed by atoms with Gasteiger partial charge in [0.1, 0.15) is 0 Å². The Morgan fingerprint density at radius 1 is 1.14 bits per heavy atom. The SMILES string of the molecule is C[SiH2][SiH2]C(C)(C)C. The van der Waals surface area contributed by atoms with E-state index in [9.17, 15) is 0 Å². The minimum Gasteiger partial charge on any atom is -0.0771 e. The van der Waals surface area contributed by atoms with E-state index in [4.69, 9.17) is 0 Å². The van der Waals surface area contributed by atoms with Crippen molar-refractivity contribution < 1.29 is 0 Å². The van der Waals surface area contributed by atoms with Gasteiger partial charge in [0.25, 0.3) is 0 Å².